The fourth-order valence-corrected chi connectivity index (χ4v) is 1.83. The molecule has 17 heavy (non-hydrogen) atoms. The van der Waals surface area contributed by atoms with Gasteiger partial charge in [-0.1, -0.05) is 29.3 Å². The zero-order chi connectivity index (χ0) is 11.7. The topological polar surface area (TPSA) is 42.3 Å². The van der Waals surface area contributed by atoms with E-state index in [1.807, 2.05) is 0 Å². The summed E-state index contributed by atoms with van der Waals surface area (Å²) in [7, 11) is 0. The molecule has 0 aromatic carbocycles. The van der Waals surface area contributed by atoms with Crippen LogP contribution in [0.4, 0.5) is 0 Å². The average molecular weight is 459 g/mol. The zero-order valence-corrected chi connectivity index (χ0v) is 13.4. The molecule has 1 aliphatic rings. The molecule has 2 heterocycles. The van der Waals surface area contributed by atoms with Crippen molar-refractivity contribution in [1.82, 2.24) is 4.98 Å². The van der Waals surface area contributed by atoms with E-state index in [2.05, 4.69) is 9.98 Å². The molecule has 1 unspecified atom stereocenters. The first-order valence-electron chi connectivity index (χ1n) is 4.35. The molecular weight excluding hydrogens is 454 g/mol. The van der Waals surface area contributed by atoms with Crippen LogP contribution in [0.15, 0.2) is 39.6 Å². The van der Waals surface area contributed by atoms with Gasteiger partial charge in [-0.15, -0.1) is 11.6 Å². The Bertz CT molecular complexity index is 502. The summed E-state index contributed by atoms with van der Waals surface area (Å²) < 4.78 is 0. The van der Waals surface area contributed by atoms with Crippen LogP contribution < -0.4 is 0 Å². The SMILES string of the molecule is O=C1C(c2ccccn2)=NC(Cl)=C(Cl)C1Cl.[W]. The first-order valence-corrected chi connectivity index (χ1v) is 5.54. The Morgan fingerprint density at radius 2 is 1.94 bits per heavy atom. The van der Waals surface area contributed by atoms with E-state index in [9.17, 15) is 4.79 Å². The third-order valence-corrected chi connectivity index (χ3v) is 3.31. The van der Waals surface area contributed by atoms with E-state index in [4.69, 9.17) is 34.8 Å². The quantitative estimate of drug-likeness (QED) is 0.479. The molecule has 7 heteroatoms. The van der Waals surface area contributed by atoms with Crippen LogP contribution in [0, 0.1) is 0 Å². The molecule has 0 spiro atoms. The number of nitrogens with zero attached hydrogens (tertiary/aromatic N) is 2. The summed E-state index contributed by atoms with van der Waals surface area (Å²) in [6.45, 7) is 0. The second kappa shape index (κ2) is 6.10. The van der Waals surface area contributed by atoms with Gasteiger partial charge in [0.2, 0.25) is 5.78 Å². The van der Waals surface area contributed by atoms with E-state index >= 15 is 0 Å². The van der Waals surface area contributed by atoms with E-state index in [0.29, 0.717) is 5.69 Å². The molecule has 2 rings (SSSR count). The van der Waals surface area contributed by atoms with Crippen LogP contribution in [0.1, 0.15) is 5.69 Å². The minimum Gasteiger partial charge on any atom is -0.290 e. The maximum absolute atomic E-state index is 11.8. The Balaban J connectivity index is 0.00000144. The maximum atomic E-state index is 11.8. The number of rotatable bonds is 1. The van der Waals surface area contributed by atoms with Crippen LogP contribution in [0.5, 0.6) is 0 Å². The number of ketones is 1. The van der Waals surface area contributed by atoms with Gasteiger partial charge in [-0.25, -0.2) is 4.99 Å². The Kier molecular flexibility index (Phi) is 5.33. The first kappa shape index (κ1) is 14.8. The normalized spacial score (nSPS) is 19.8. The number of carbonyl (C=O) groups is 1. The fourth-order valence-electron chi connectivity index (χ4n) is 1.23. The van der Waals surface area contributed by atoms with E-state index in [1.54, 1.807) is 24.4 Å². The molecule has 88 valence electrons. The molecule has 1 atom stereocenters. The summed E-state index contributed by atoms with van der Waals surface area (Å²) in [6.07, 6.45) is 1.56. The van der Waals surface area contributed by atoms with Gasteiger partial charge in [0.15, 0.2) is 0 Å². The molecule has 0 bridgehead atoms. The molecule has 0 saturated heterocycles. The largest absolute Gasteiger partial charge is 0.290 e. The van der Waals surface area contributed by atoms with Crippen molar-refractivity contribution < 1.29 is 25.9 Å². The minimum absolute atomic E-state index is 0. The predicted molar refractivity (Wildman–Crippen MR) is 64.2 cm³/mol. The monoisotopic (exact) mass is 458 g/mol. The van der Waals surface area contributed by atoms with Gasteiger partial charge in [-0.3, -0.25) is 9.78 Å². The third-order valence-electron chi connectivity index (χ3n) is 2.00. The molecule has 0 N–H and O–H groups in total. The van der Waals surface area contributed by atoms with E-state index in [-0.39, 0.29) is 37.0 Å². The van der Waals surface area contributed by atoms with Gasteiger partial charge in [-0.05, 0) is 12.1 Å². The number of hydrogen-bond acceptors (Lipinski definition) is 3. The van der Waals surface area contributed by atoms with Crippen LogP contribution >= 0.6 is 34.8 Å². The second-order valence-electron chi connectivity index (χ2n) is 3.04. The summed E-state index contributed by atoms with van der Waals surface area (Å²) in [5.41, 5.74) is 0.565. The van der Waals surface area contributed by atoms with E-state index in [1.165, 1.54) is 0 Å². The number of halogens is 3. The number of allylic oxidation sites excluding steroid dienone is 1. The van der Waals surface area contributed by atoms with Crippen molar-refractivity contribution >= 4 is 46.3 Å². The molecular formula is C10H5Cl3N2OW. The van der Waals surface area contributed by atoms with Crippen LogP contribution in [0.2, 0.25) is 0 Å². The van der Waals surface area contributed by atoms with Crippen molar-refractivity contribution in [2.24, 2.45) is 4.99 Å². The fraction of sp³-hybridized carbons (Fsp3) is 0.100. The van der Waals surface area contributed by atoms with E-state index < -0.39 is 11.2 Å². The van der Waals surface area contributed by atoms with E-state index in [0.717, 1.165) is 0 Å². The minimum atomic E-state index is -0.983. The molecule has 0 saturated carbocycles. The zero-order valence-electron chi connectivity index (χ0n) is 8.23. The van der Waals surface area contributed by atoms with Gasteiger partial charge in [0, 0.05) is 27.3 Å². The molecule has 1 aliphatic heterocycles. The summed E-state index contributed by atoms with van der Waals surface area (Å²) in [6, 6.07) is 5.14. The molecule has 1 aromatic rings. The maximum Gasteiger partial charge on any atom is 0.206 e. The van der Waals surface area contributed by atoms with Crippen molar-refractivity contribution in [3.05, 3.63) is 40.3 Å². The smallest absolute Gasteiger partial charge is 0.206 e. The van der Waals surface area contributed by atoms with Gasteiger partial charge >= 0.3 is 0 Å². The average Bonchev–Trinajstić information content (AvgIpc) is 2.32. The van der Waals surface area contributed by atoms with Crippen molar-refractivity contribution in [1.29, 1.82) is 0 Å². The molecule has 0 radical (unpaired) electrons. The van der Waals surface area contributed by atoms with Crippen molar-refractivity contribution in [2.45, 2.75) is 5.38 Å². The Morgan fingerprint density at radius 3 is 2.53 bits per heavy atom. The predicted octanol–water partition coefficient (Wildman–Crippen LogP) is 2.71. The summed E-state index contributed by atoms with van der Waals surface area (Å²) >= 11 is 17.3. The number of aliphatic imine (C=N–C) groups is 1. The van der Waals surface area contributed by atoms with Crippen LogP contribution in [0.25, 0.3) is 0 Å². The second-order valence-corrected chi connectivity index (χ2v) is 4.24. The van der Waals surface area contributed by atoms with Crippen LogP contribution in [-0.4, -0.2) is 21.9 Å². The number of aromatic nitrogens is 1. The van der Waals surface area contributed by atoms with Gasteiger partial charge in [-0.2, -0.15) is 0 Å². The summed E-state index contributed by atoms with van der Waals surface area (Å²) in [5, 5.41) is -0.904. The number of pyridine rings is 1. The first-order chi connectivity index (χ1) is 7.61. The molecule has 3 nitrogen and oxygen atoms in total. The van der Waals surface area contributed by atoms with Crippen molar-refractivity contribution in [3.63, 3.8) is 0 Å². The number of carbonyl (C=O) groups excluding carboxylic acids is 1. The molecule has 1 aromatic heterocycles. The number of alkyl halides is 1. The molecule has 0 aliphatic carbocycles. The molecule has 0 amide bonds. The van der Waals surface area contributed by atoms with Gasteiger partial charge in [0.25, 0.3) is 0 Å². The Labute approximate surface area is 127 Å². The summed E-state index contributed by atoms with van der Waals surface area (Å²) in [5.74, 6) is -0.394. The summed E-state index contributed by atoms with van der Waals surface area (Å²) in [4.78, 5) is 19.7. The Hall–Kier alpha value is -0.212. The third kappa shape index (κ3) is 2.97. The Morgan fingerprint density at radius 1 is 1.24 bits per heavy atom. The standard InChI is InChI=1S/C10H5Cl3N2O.W/c11-6-7(12)10(13)15-8(9(6)16)5-3-1-2-4-14-5;/h1-4,6H;. The van der Waals surface area contributed by atoms with Gasteiger partial charge in [0.1, 0.15) is 16.2 Å². The van der Waals surface area contributed by atoms with Gasteiger partial charge < -0.3 is 0 Å². The molecule has 0 fully saturated rings. The van der Waals surface area contributed by atoms with Crippen molar-refractivity contribution in [2.75, 3.05) is 0 Å². The number of Topliss-reactive ketones (excluding diaryl/α,β-unsaturated/α-hetero) is 1. The van der Waals surface area contributed by atoms with Crippen molar-refractivity contribution in [3.8, 4) is 0 Å². The van der Waals surface area contributed by atoms with Crippen LogP contribution in [0.3, 0.4) is 0 Å². The number of hydrogen-bond donors (Lipinski definition) is 0. The van der Waals surface area contributed by atoms with Gasteiger partial charge in [0.05, 0.1) is 10.7 Å². The van der Waals surface area contributed by atoms with Crippen LogP contribution in [-0.2, 0) is 25.9 Å².